The summed E-state index contributed by atoms with van der Waals surface area (Å²) in [5.74, 6) is -0.315. The molecule has 1 fully saturated rings. The van der Waals surface area contributed by atoms with Crippen LogP contribution in [0.1, 0.15) is 10.4 Å². The first kappa shape index (κ1) is 13.3. The Kier molecular flexibility index (Phi) is 4.57. The quantitative estimate of drug-likeness (QED) is 0.774. The fourth-order valence-corrected chi connectivity index (χ4v) is 2.11. The van der Waals surface area contributed by atoms with E-state index >= 15 is 0 Å². The number of rotatable bonds is 3. The van der Waals surface area contributed by atoms with Gasteiger partial charge in [-0.3, -0.25) is 4.79 Å². The molecule has 0 saturated carbocycles. The Morgan fingerprint density at radius 3 is 3.17 bits per heavy atom. The van der Waals surface area contributed by atoms with E-state index in [0.29, 0.717) is 19.8 Å². The number of hydrogen-bond acceptors (Lipinski definition) is 4. The fraction of sp³-hybridized carbons (Fsp3) is 0.417. The lowest BCUT2D eigenvalue weighted by Gasteiger charge is -2.24. The van der Waals surface area contributed by atoms with Crippen molar-refractivity contribution in [2.24, 2.45) is 0 Å². The summed E-state index contributed by atoms with van der Waals surface area (Å²) in [5.41, 5.74) is 0.265. The zero-order valence-corrected chi connectivity index (χ0v) is 11.4. The lowest BCUT2D eigenvalue weighted by Crippen LogP contribution is -2.48. The van der Waals surface area contributed by atoms with Crippen LogP contribution in [0, 0.1) is 0 Å². The molecule has 1 aromatic rings. The van der Waals surface area contributed by atoms with Crippen molar-refractivity contribution in [3.8, 4) is 5.75 Å². The molecule has 1 aromatic carbocycles. The predicted molar refractivity (Wildman–Crippen MR) is 70.7 cm³/mol. The Labute approximate surface area is 114 Å². The monoisotopic (exact) mass is 314 g/mol. The van der Waals surface area contributed by atoms with E-state index in [2.05, 4.69) is 26.6 Å². The molecule has 0 aromatic heterocycles. The van der Waals surface area contributed by atoms with Gasteiger partial charge in [0.25, 0.3) is 5.91 Å². The van der Waals surface area contributed by atoms with Crippen molar-refractivity contribution < 1.29 is 14.6 Å². The van der Waals surface area contributed by atoms with E-state index in [0.717, 1.165) is 11.0 Å². The highest BCUT2D eigenvalue weighted by Gasteiger charge is 2.16. The maximum Gasteiger partial charge on any atom is 0.255 e. The summed E-state index contributed by atoms with van der Waals surface area (Å²) in [7, 11) is 0. The van der Waals surface area contributed by atoms with E-state index in [9.17, 15) is 9.90 Å². The normalized spacial score (nSPS) is 19.5. The van der Waals surface area contributed by atoms with E-state index < -0.39 is 0 Å². The van der Waals surface area contributed by atoms with Crippen LogP contribution in [0.2, 0.25) is 0 Å². The van der Waals surface area contributed by atoms with Crippen molar-refractivity contribution in [3.05, 3.63) is 28.2 Å². The molecule has 1 saturated heterocycles. The van der Waals surface area contributed by atoms with Gasteiger partial charge >= 0.3 is 0 Å². The molecular weight excluding hydrogens is 300 g/mol. The second-order valence-electron chi connectivity index (χ2n) is 4.10. The summed E-state index contributed by atoms with van der Waals surface area (Å²) in [6.07, 6.45) is 0. The summed E-state index contributed by atoms with van der Waals surface area (Å²) in [6.45, 7) is 2.56. The third kappa shape index (κ3) is 3.44. The molecule has 1 amide bonds. The topological polar surface area (TPSA) is 70.6 Å². The van der Waals surface area contributed by atoms with Gasteiger partial charge in [-0.15, -0.1) is 0 Å². The molecule has 18 heavy (non-hydrogen) atoms. The Morgan fingerprint density at radius 2 is 2.44 bits per heavy atom. The minimum atomic E-state index is -0.291. The van der Waals surface area contributed by atoms with Crippen molar-refractivity contribution in [2.45, 2.75) is 6.04 Å². The van der Waals surface area contributed by atoms with Crippen LogP contribution in [0.15, 0.2) is 22.7 Å². The van der Waals surface area contributed by atoms with Crippen LogP contribution >= 0.6 is 15.9 Å². The van der Waals surface area contributed by atoms with E-state index in [1.807, 2.05) is 0 Å². The largest absolute Gasteiger partial charge is 0.507 e. The number of ether oxygens (including phenoxy) is 1. The second kappa shape index (κ2) is 6.17. The Balaban J connectivity index is 1.92. The number of nitrogens with one attached hydrogen (secondary N) is 2. The molecule has 3 N–H and O–H groups in total. The maximum atomic E-state index is 11.9. The van der Waals surface area contributed by atoms with Gasteiger partial charge in [-0.1, -0.05) is 15.9 Å². The van der Waals surface area contributed by atoms with Crippen LogP contribution < -0.4 is 10.6 Å². The van der Waals surface area contributed by atoms with Crippen molar-refractivity contribution in [1.82, 2.24) is 10.6 Å². The third-order valence-corrected chi connectivity index (χ3v) is 3.20. The highest BCUT2D eigenvalue weighted by atomic mass is 79.9. The van der Waals surface area contributed by atoms with Gasteiger partial charge in [0.2, 0.25) is 0 Å². The molecular formula is C12H15BrN2O3. The average Bonchev–Trinajstić information content (AvgIpc) is 2.40. The summed E-state index contributed by atoms with van der Waals surface area (Å²) < 4.78 is 6.05. The van der Waals surface area contributed by atoms with Gasteiger partial charge in [0.15, 0.2) is 0 Å². The molecule has 5 nitrogen and oxygen atoms in total. The van der Waals surface area contributed by atoms with E-state index in [1.54, 1.807) is 12.1 Å². The van der Waals surface area contributed by atoms with Crippen LogP contribution in [0.3, 0.4) is 0 Å². The lowest BCUT2D eigenvalue weighted by atomic mass is 10.2. The second-order valence-corrected chi connectivity index (χ2v) is 5.01. The van der Waals surface area contributed by atoms with Gasteiger partial charge in [0.05, 0.1) is 18.8 Å². The highest BCUT2D eigenvalue weighted by molar-refractivity contribution is 9.10. The molecule has 0 spiro atoms. The number of halogens is 1. The molecule has 1 aliphatic rings. The first-order valence-corrected chi connectivity index (χ1v) is 6.54. The van der Waals surface area contributed by atoms with Crippen LogP contribution in [0.25, 0.3) is 0 Å². The summed E-state index contributed by atoms with van der Waals surface area (Å²) >= 11 is 3.27. The molecule has 0 aliphatic carbocycles. The minimum Gasteiger partial charge on any atom is -0.507 e. The third-order valence-electron chi connectivity index (χ3n) is 2.71. The molecule has 1 heterocycles. The van der Waals surface area contributed by atoms with Gasteiger partial charge in [-0.25, -0.2) is 0 Å². The predicted octanol–water partition coefficient (Wildman–Crippen LogP) is 0.873. The van der Waals surface area contributed by atoms with Gasteiger partial charge in [0, 0.05) is 23.6 Å². The Hall–Kier alpha value is -1.11. The molecule has 1 atom stereocenters. The SMILES string of the molecule is O=C(NCC1COCCN1)c1cc(Br)ccc1O. The fourth-order valence-electron chi connectivity index (χ4n) is 1.75. The molecule has 6 heteroatoms. The number of carbonyl (C=O) groups is 1. The van der Waals surface area contributed by atoms with Gasteiger partial charge in [-0.2, -0.15) is 0 Å². The maximum absolute atomic E-state index is 11.9. The molecule has 1 aliphatic heterocycles. The van der Waals surface area contributed by atoms with Crippen LogP contribution in [-0.4, -0.2) is 43.4 Å². The van der Waals surface area contributed by atoms with Crippen molar-refractivity contribution in [3.63, 3.8) is 0 Å². The lowest BCUT2D eigenvalue weighted by molar-refractivity contribution is 0.0734. The zero-order valence-electron chi connectivity index (χ0n) is 9.78. The summed E-state index contributed by atoms with van der Waals surface area (Å²) in [5, 5.41) is 15.6. The first-order chi connectivity index (χ1) is 8.66. The number of carbonyl (C=O) groups excluding carboxylic acids is 1. The number of aromatic hydroxyl groups is 1. The minimum absolute atomic E-state index is 0.0245. The van der Waals surface area contributed by atoms with Gasteiger partial charge < -0.3 is 20.5 Å². The Morgan fingerprint density at radius 1 is 1.61 bits per heavy atom. The number of phenolic OH excluding ortho intramolecular Hbond substituents is 1. The molecule has 98 valence electrons. The highest BCUT2D eigenvalue weighted by Crippen LogP contribution is 2.21. The van der Waals surface area contributed by atoms with Crippen molar-refractivity contribution in [2.75, 3.05) is 26.3 Å². The van der Waals surface area contributed by atoms with Crippen LogP contribution in [0.4, 0.5) is 0 Å². The van der Waals surface area contributed by atoms with Crippen LogP contribution in [-0.2, 0) is 4.74 Å². The van der Waals surface area contributed by atoms with Crippen LogP contribution in [0.5, 0.6) is 5.75 Å². The van der Waals surface area contributed by atoms with Gasteiger partial charge in [-0.05, 0) is 18.2 Å². The summed E-state index contributed by atoms with van der Waals surface area (Å²) in [6, 6.07) is 4.89. The van der Waals surface area contributed by atoms with E-state index in [1.165, 1.54) is 6.07 Å². The van der Waals surface area contributed by atoms with Crippen molar-refractivity contribution in [1.29, 1.82) is 0 Å². The first-order valence-electron chi connectivity index (χ1n) is 5.74. The number of phenols is 1. The van der Waals surface area contributed by atoms with Gasteiger partial charge in [0.1, 0.15) is 5.75 Å². The summed E-state index contributed by atoms with van der Waals surface area (Å²) in [4.78, 5) is 11.9. The van der Waals surface area contributed by atoms with E-state index in [-0.39, 0.29) is 23.3 Å². The Bertz CT molecular complexity index is 433. The molecule has 2 rings (SSSR count). The smallest absolute Gasteiger partial charge is 0.255 e. The number of hydrogen-bond donors (Lipinski definition) is 3. The number of benzene rings is 1. The number of morpholine rings is 1. The standard InChI is InChI=1S/C12H15BrN2O3/c13-8-1-2-11(16)10(5-8)12(17)15-6-9-7-18-4-3-14-9/h1-2,5,9,14,16H,3-4,6-7H2,(H,15,17). The average molecular weight is 315 g/mol. The van der Waals surface area contributed by atoms with E-state index in [4.69, 9.17) is 4.74 Å². The molecule has 1 unspecified atom stereocenters. The zero-order chi connectivity index (χ0) is 13.0. The van der Waals surface area contributed by atoms with Crippen molar-refractivity contribution >= 4 is 21.8 Å². The number of amides is 1. The molecule has 0 bridgehead atoms. The molecule has 0 radical (unpaired) electrons.